The zero-order valence-electron chi connectivity index (χ0n) is 29.1. The molecule has 2 aliphatic rings. The van der Waals surface area contributed by atoms with Crippen LogP contribution < -0.4 is 18.9 Å². The smallest absolute Gasteiger partial charge is 0.357 e. The molecule has 0 aliphatic carbocycles. The molecule has 0 spiro atoms. The molecular weight excluding hydrogens is 682 g/mol. The van der Waals surface area contributed by atoms with Gasteiger partial charge in [0.25, 0.3) is 0 Å². The molecule has 0 saturated heterocycles. The fourth-order valence-corrected chi connectivity index (χ4v) is 4.83. The van der Waals surface area contributed by atoms with Crippen molar-refractivity contribution in [3.63, 3.8) is 0 Å². The first-order chi connectivity index (χ1) is 25.6. The number of hydrogen-bond acceptors (Lipinski definition) is 15. The van der Waals surface area contributed by atoms with Crippen molar-refractivity contribution in [2.45, 2.75) is 13.2 Å². The minimum Gasteiger partial charge on any atom is -0.491 e. The SMILES string of the molecule is O=C1OCc2cc3cc(c2)OCCOCCOCCOCCOc2cc(cc(c2)OCCOCCOCCOCCO3)COC(=O)c2cccc1n2. The molecular formula is C37H45NO14. The number of ether oxygens (including phenoxy) is 12. The third kappa shape index (κ3) is 14.3. The molecule has 3 heterocycles. The van der Waals surface area contributed by atoms with E-state index in [0.29, 0.717) is 113 Å². The van der Waals surface area contributed by atoms with E-state index in [1.807, 2.05) is 0 Å². The van der Waals surface area contributed by atoms with Gasteiger partial charge >= 0.3 is 11.9 Å². The van der Waals surface area contributed by atoms with Crippen molar-refractivity contribution in [1.29, 1.82) is 0 Å². The molecule has 2 aromatic carbocycles. The maximum absolute atomic E-state index is 13.0. The van der Waals surface area contributed by atoms with Gasteiger partial charge in [-0.3, -0.25) is 0 Å². The second-order valence-corrected chi connectivity index (χ2v) is 11.3. The molecule has 282 valence electrons. The fraction of sp³-hybridized carbons (Fsp3) is 0.486. The van der Waals surface area contributed by atoms with Gasteiger partial charge in [-0.1, -0.05) is 6.07 Å². The van der Waals surface area contributed by atoms with Crippen molar-refractivity contribution in [1.82, 2.24) is 4.98 Å². The zero-order valence-corrected chi connectivity index (χ0v) is 29.1. The number of esters is 2. The third-order valence-electron chi connectivity index (χ3n) is 7.26. The van der Waals surface area contributed by atoms with Crippen molar-refractivity contribution in [2.75, 3.05) is 106 Å². The Bertz CT molecular complexity index is 1360. The molecule has 1 aromatic heterocycles. The van der Waals surface area contributed by atoms with Crippen LogP contribution in [-0.4, -0.2) is 123 Å². The third-order valence-corrected chi connectivity index (χ3v) is 7.26. The van der Waals surface area contributed by atoms with Crippen LogP contribution in [0.3, 0.4) is 0 Å². The summed E-state index contributed by atoms with van der Waals surface area (Å²) < 4.78 is 68.5. The van der Waals surface area contributed by atoms with Crippen LogP contribution in [0.2, 0.25) is 0 Å². The lowest BCUT2D eigenvalue weighted by Crippen LogP contribution is -2.15. The largest absolute Gasteiger partial charge is 0.491 e. The van der Waals surface area contributed by atoms with Crippen molar-refractivity contribution >= 4 is 11.9 Å². The van der Waals surface area contributed by atoms with Gasteiger partial charge in [-0.25, -0.2) is 14.6 Å². The molecule has 5 rings (SSSR count). The summed E-state index contributed by atoms with van der Waals surface area (Å²) in [5.41, 5.74) is 1.11. The summed E-state index contributed by atoms with van der Waals surface area (Å²) in [6.07, 6.45) is 0. The number of pyridine rings is 1. The average molecular weight is 728 g/mol. The molecule has 52 heavy (non-hydrogen) atoms. The van der Waals surface area contributed by atoms with Gasteiger partial charge in [0.15, 0.2) is 0 Å². The number of aromatic nitrogens is 1. The van der Waals surface area contributed by atoms with Gasteiger partial charge in [-0.2, -0.15) is 0 Å². The summed E-state index contributed by atoms with van der Waals surface area (Å²) in [6.45, 7) is 5.30. The zero-order chi connectivity index (χ0) is 36.1. The van der Waals surface area contributed by atoms with Crippen molar-refractivity contribution < 1.29 is 66.4 Å². The van der Waals surface area contributed by atoms with Crippen LogP contribution in [0, 0.1) is 0 Å². The molecule has 0 fully saturated rings. The lowest BCUT2D eigenvalue weighted by Gasteiger charge is -2.14. The summed E-state index contributed by atoms with van der Waals surface area (Å²) >= 11 is 0. The van der Waals surface area contributed by atoms with E-state index in [9.17, 15) is 9.59 Å². The van der Waals surface area contributed by atoms with E-state index < -0.39 is 11.9 Å². The van der Waals surface area contributed by atoms with Crippen LogP contribution in [0.25, 0.3) is 0 Å². The van der Waals surface area contributed by atoms with Gasteiger partial charge in [0.2, 0.25) is 0 Å². The number of fused-ring (bicyclic) bond motifs is 8. The Hall–Kier alpha value is -4.51. The first-order valence-electron chi connectivity index (χ1n) is 17.2. The van der Waals surface area contributed by atoms with Crippen LogP contribution in [0.5, 0.6) is 23.0 Å². The van der Waals surface area contributed by atoms with Gasteiger partial charge in [-0.05, 0) is 47.5 Å². The van der Waals surface area contributed by atoms with E-state index in [1.165, 1.54) is 18.2 Å². The van der Waals surface area contributed by atoms with Crippen LogP contribution in [0.4, 0.5) is 0 Å². The van der Waals surface area contributed by atoms with E-state index in [1.54, 1.807) is 36.4 Å². The predicted molar refractivity (Wildman–Crippen MR) is 182 cm³/mol. The molecule has 2 aliphatic heterocycles. The van der Waals surface area contributed by atoms with Crippen LogP contribution in [0.1, 0.15) is 32.1 Å². The highest BCUT2D eigenvalue weighted by Crippen LogP contribution is 2.25. The molecule has 0 unspecified atom stereocenters. The number of carbonyl (C=O) groups excluding carboxylic acids is 2. The molecule has 15 nitrogen and oxygen atoms in total. The molecule has 0 saturated carbocycles. The van der Waals surface area contributed by atoms with E-state index in [2.05, 4.69) is 4.98 Å². The van der Waals surface area contributed by atoms with Crippen LogP contribution in [-0.2, 0) is 51.1 Å². The standard InChI is InChI=1S/C37H45NO14/c39-36-34-2-1-3-35(38-34)37(40)52-27-29-22-32-25-33(23-29)50-19-15-46-11-7-42-5-9-44-13-17-48-31-21-28(26-51-36)20-30(24-31)47-16-12-43-8-4-41-6-10-45-14-18-49-32/h1-3,20-25H,4-19,26-27H2. The number of rotatable bonds is 0. The Morgan fingerprint density at radius 1 is 0.365 bits per heavy atom. The Balaban J connectivity index is 1.35. The molecule has 8 bridgehead atoms. The minimum absolute atomic E-state index is 0.0579. The fourth-order valence-electron chi connectivity index (χ4n) is 4.83. The lowest BCUT2D eigenvalue weighted by atomic mass is 10.2. The Kier molecular flexibility index (Phi) is 16.7. The maximum Gasteiger partial charge on any atom is 0.357 e. The lowest BCUT2D eigenvalue weighted by molar-refractivity contribution is 0.00430. The van der Waals surface area contributed by atoms with E-state index in [-0.39, 0.29) is 51.0 Å². The first kappa shape index (κ1) is 38.7. The molecule has 15 heteroatoms. The summed E-state index contributed by atoms with van der Waals surface area (Å²) in [5, 5.41) is 0. The molecule has 0 N–H and O–H groups in total. The van der Waals surface area contributed by atoms with Gasteiger partial charge in [-0.15, -0.1) is 0 Å². The monoisotopic (exact) mass is 727 g/mol. The summed E-state index contributed by atoms with van der Waals surface area (Å²) in [6, 6.07) is 14.9. The summed E-state index contributed by atoms with van der Waals surface area (Å²) in [4.78, 5) is 30.3. The van der Waals surface area contributed by atoms with E-state index in [0.717, 1.165) is 0 Å². The van der Waals surface area contributed by atoms with E-state index >= 15 is 0 Å². The number of nitrogens with zero attached hydrogens (tertiary/aromatic N) is 1. The maximum atomic E-state index is 13.0. The first-order valence-corrected chi connectivity index (χ1v) is 17.2. The Labute approximate surface area is 302 Å². The average Bonchev–Trinajstić information content (AvgIpc) is 3.16. The highest BCUT2D eigenvalue weighted by Gasteiger charge is 2.16. The quantitative estimate of drug-likeness (QED) is 0.310. The van der Waals surface area contributed by atoms with Crippen LogP contribution in [0.15, 0.2) is 54.6 Å². The molecule has 0 radical (unpaired) electrons. The molecule has 0 atom stereocenters. The highest BCUT2D eigenvalue weighted by atomic mass is 16.6. The van der Waals surface area contributed by atoms with Gasteiger partial charge in [0.05, 0.1) is 79.3 Å². The van der Waals surface area contributed by atoms with Gasteiger partial charge in [0.1, 0.15) is 74.0 Å². The number of hydrogen-bond donors (Lipinski definition) is 0. The van der Waals surface area contributed by atoms with Gasteiger partial charge in [0, 0.05) is 12.1 Å². The number of carbonyl (C=O) groups is 2. The Morgan fingerprint density at radius 3 is 0.962 bits per heavy atom. The second-order valence-electron chi connectivity index (χ2n) is 11.3. The topological polar surface area (TPSA) is 158 Å². The van der Waals surface area contributed by atoms with Crippen molar-refractivity contribution in [2.24, 2.45) is 0 Å². The molecule has 0 amide bonds. The van der Waals surface area contributed by atoms with Crippen molar-refractivity contribution in [3.05, 3.63) is 77.1 Å². The normalized spacial score (nSPS) is 18.7. The predicted octanol–water partition coefficient (Wildman–Crippen LogP) is 3.44. The summed E-state index contributed by atoms with van der Waals surface area (Å²) in [7, 11) is 0. The Morgan fingerprint density at radius 2 is 0.654 bits per heavy atom. The molecule has 3 aromatic rings. The van der Waals surface area contributed by atoms with Crippen LogP contribution >= 0.6 is 0 Å². The highest BCUT2D eigenvalue weighted by molar-refractivity contribution is 5.91. The second kappa shape index (κ2) is 22.4. The van der Waals surface area contributed by atoms with Gasteiger partial charge < -0.3 is 56.8 Å². The number of benzene rings is 2. The van der Waals surface area contributed by atoms with E-state index in [4.69, 9.17) is 56.8 Å². The summed E-state index contributed by atoms with van der Waals surface area (Å²) in [5.74, 6) is 0.551. The van der Waals surface area contributed by atoms with Crippen molar-refractivity contribution in [3.8, 4) is 23.0 Å². The minimum atomic E-state index is -0.726.